The minimum atomic E-state index is -0.509. The fourth-order valence-electron chi connectivity index (χ4n) is 2.02. The highest BCUT2D eigenvalue weighted by molar-refractivity contribution is 5.94. The molecule has 1 aliphatic heterocycles. The average Bonchev–Trinajstić information content (AvgIpc) is 2.37. The SMILES string of the molecule is CC(=Cc1cnc2c(c1)CCC(=O)N2)C(=O)OC(C)(C)C. The molecule has 112 valence electrons. The first kappa shape index (κ1) is 15.2. The van der Waals surface area contributed by atoms with Gasteiger partial charge in [0, 0.05) is 18.2 Å². The molecule has 0 fully saturated rings. The highest BCUT2D eigenvalue weighted by Crippen LogP contribution is 2.22. The van der Waals surface area contributed by atoms with Crippen molar-refractivity contribution in [3.05, 3.63) is 29.0 Å². The minimum absolute atomic E-state index is 0.0109. The van der Waals surface area contributed by atoms with Gasteiger partial charge in [0.25, 0.3) is 0 Å². The van der Waals surface area contributed by atoms with E-state index < -0.39 is 5.60 Å². The van der Waals surface area contributed by atoms with Crippen molar-refractivity contribution in [1.29, 1.82) is 0 Å². The maximum atomic E-state index is 11.9. The predicted molar refractivity (Wildman–Crippen MR) is 80.7 cm³/mol. The van der Waals surface area contributed by atoms with Crippen LogP contribution in [0.15, 0.2) is 17.8 Å². The first-order valence-corrected chi connectivity index (χ1v) is 6.95. The molecule has 1 aromatic heterocycles. The Kier molecular flexibility index (Phi) is 4.11. The first-order valence-electron chi connectivity index (χ1n) is 6.95. The average molecular weight is 288 g/mol. The lowest BCUT2D eigenvalue weighted by atomic mass is 10.0. The van der Waals surface area contributed by atoms with E-state index in [0.29, 0.717) is 24.2 Å². The summed E-state index contributed by atoms with van der Waals surface area (Å²) in [4.78, 5) is 27.4. The van der Waals surface area contributed by atoms with Crippen molar-refractivity contribution in [2.75, 3.05) is 5.32 Å². The molecule has 1 aliphatic rings. The van der Waals surface area contributed by atoms with Crippen molar-refractivity contribution in [2.45, 2.75) is 46.1 Å². The number of rotatable bonds is 2. The van der Waals surface area contributed by atoms with Gasteiger partial charge >= 0.3 is 5.97 Å². The van der Waals surface area contributed by atoms with E-state index in [9.17, 15) is 9.59 Å². The van der Waals surface area contributed by atoms with Crippen LogP contribution in [0.4, 0.5) is 5.82 Å². The van der Waals surface area contributed by atoms with Crippen LogP contribution in [0.1, 0.15) is 45.2 Å². The van der Waals surface area contributed by atoms with Gasteiger partial charge in [-0.2, -0.15) is 0 Å². The molecule has 0 saturated carbocycles. The molecule has 1 aromatic rings. The van der Waals surface area contributed by atoms with Crippen LogP contribution in [0.25, 0.3) is 6.08 Å². The number of amides is 1. The third kappa shape index (κ3) is 4.15. The Morgan fingerprint density at radius 3 is 2.76 bits per heavy atom. The van der Waals surface area contributed by atoms with Crippen molar-refractivity contribution >= 4 is 23.8 Å². The smallest absolute Gasteiger partial charge is 0.334 e. The molecule has 5 nitrogen and oxygen atoms in total. The van der Waals surface area contributed by atoms with Crippen molar-refractivity contribution < 1.29 is 14.3 Å². The molecule has 1 amide bonds. The van der Waals surface area contributed by atoms with Crippen molar-refractivity contribution in [1.82, 2.24) is 4.98 Å². The number of ether oxygens (including phenoxy) is 1. The zero-order valence-corrected chi connectivity index (χ0v) is 12.8. The van der Waals surface area contributed by atoms with Gasteiger partial charge in [-0.05, 0) is 57.4 Å². The summed E-state index contributed by atoms with van der Waals surface area (Å²) in [6.45, 7) is 7.22. The van der Waals surface area contributed by atoms with Gasteiger partial charge < -0.3 is 10.1 Å². The second kappa shape index (κ2) is 5.68. The summed E-state index contributed by atoms with van der Waals surface area (Å²) in [6, 6.07) is 1.94. The van der Waals surface area contributed by atoms with E-state index in [2.05, 4.69) is 10.3 Å². The van der Waals surface area contributed by atoms with Crippen LogP contribution >= 0.6 is 0 Å². The summed E-state index contributed by atoms with van der Waals surface area (Å²) >= 11 is 0. The molecule has 0 aromatic carbocycles. The third-order valence-electron chi connectivity index (χ3n) is 2.97. The lowest BCUT2D eigenvalue weighted by molar-refractivity contribution is -0.149. The Bertz CT molecular complexity index is 612. The number of carbonyl (C=O) groups is 2. The van der Waals surface area contributed by atoms with Gasteiger partial charge in [0.1, 0.15) is 11.4 Å². The number of pyridine rings is 1. The molecule has 0 saturated heterocycles. The molecule has 0 bridgehead atoms. The highest BCUT2D eigenvalue weighted by atomic mass is 16.6. The minimum Gasteiger partial charge on any atom is -0.457 e. The maximum absolute atomic E-state index is 11.9. The Hall–Kier alpha value is -2.17. The Morgan fingerprint density at radius 2 is 2.10 bits per heavy atom. The molecule has 0 radical (unpaired) electrons. The fraction of sp³-hybridized carbons (Fsp3) is 0.438. The highest BCUT2D eigenvalue weighted by Gasteiger charge is 2.18. The number of nitrogens with zero attached hydrogens (tertiary/aromatic N) is 1. The normalized spacial score (nSPS) is 15.2. The number of aromatic nitrogens is 1. The van der Waals surface area contributed by atoms with Gasteiger partial charge in [0.15, 0.2) is 0 Å². The molecule has 5 heteroatoms. The standard InChI is InChI=1S/C16H20N2O3/c1-10(15(20)21-16(2,3)4)7-11-8-12-5-6-13(19)18-14(12)17-9-11/h7-9H,5-6H2,1-4H3,(H,17,18,19). The van der Waals surface area contributed by atoms with Crippen molar-refractivity contribution in [3.63, 3.8) is 0 Å². The van der Waals surface area contributed by atoms with E-state index in [0.717, 1.165) is 11.1 Å². The van der Waals surface area contributed by atoms with E-state index in [1.54, 1.807) is 19.2 Å². The summed E-state index contributed by atoms with van der Waals surface area (Å²) in [6.07, 6.45) is 4.52. The monoisotopic (exact) mass is 288 g/mol. The molecule has 2 heterocycles. The van der Waals surface area contributed by atoms with E-state index in [4.69, 9.17) is 4.74 Å². The summed E-state index contributed by atoms with van der Waals surface area (Å²) in [5.74, 6) is 0.259. The molecular formula is C16H20N2O3. The van der Waals surface area contributed by atoms with Crippen LogP contribution in [0.5, 0.6) is 0 Å². The van der Waals surface area contributed by atoms with Gasteiger partial charge in [0.05, 0.1) is 0 Å². The predicted octanol–water partition coefficient (Wildman–Crippen LogP) is 2.71. The summed E-state index contributed by atoms with van der Waals surface area (Å²) in [5.41, 5.74) is 1.82. The van der Waals surface area contributed by atoms with E-state index in [1.165, 1.54) is 0 Å². The third-order valence-corrected chi connectivity index (χ3v) is 2.97. The molecular weight excluding hydrogens is 268 g/mol. The Labute approximate surface area is 124 Å². The maximum Gasteiger partial charge on any atom is 0.334 e. The van der Waals surface area contributed by atoms with Crippen LogP contribution < -0.4 is 5.32 Å². The quantitative estimate of drug-likeness (QED) is 0.671. The fourth-order valence-corrected chi connectivity index (χ4v) is 2.02. The van der Waals surface area contributed by atoms with Gasteiger partial charge in [-0.25, -0.2) is 9.78 Å². The van der Waals surface area contributed by atoms with Gasteiger partial charge in [-0.15, -0.1) is 0 Å². The molecule has 0 aliphatic carbocycles. The van der Waals surface area contributed by atoms with Gasteiger partial charge in [-0.3, -0.25) is 4.79 Å². The number of carbonyl (C=O) groups excluding carboxylic acids is 2. The van der Waals surface area contributed by atoms with Crippen LogP contribution in [-0.2, 0) is 20.7 Å². The van der Waals surface area contributed by atoms with Crippen LogP contribution in [0.2, 0.25) is 0 Å². The Morgan fingerprint density at radius 1 is 1.38 bits per heavy atom. The molecule has 21 heavy (non-hydrogen) atoms. The summed E-state index contributed by atoms with van der Waals surface area (Å²) in [7, 11) is 0. The molecule has 0 spiro atoms. The number of hydrogen-bond donors (Lipinski definition) is 1. The summed E-state index contributed by atoms with van der Waals surface area (Å²) in [5, 5.41) is 2.73. The van der Waals surface area contributed by atoms with Crippen LogP contribution in [0, 0.1) is 0 Å². The summed E-state index contributed by atoms with van der Waals surface area (Å²) < 4.78 is 5.31. The van der Waals surface area contributed by atoms with E-state index >= 15 is 0 Å². The lowest BCUT2D eigenvalue weighted by Crippen LogP contribution is -2.24. The van der Waals surface area contributed by atoms with Crippen LogP contribution in [0.3, 0.4) is 0 Å². The molecule has 0 unspecified atom stereocenters. The lowest BCUT2D eigenvalue weighted by Gasteiger charge is -2.19. The number of esters is 1. The molecule has 1 N–H and O–H groups in total. The van der Waals surface area contributed by atoms with Crippen LogP contribution in [-0.4, -0.2) is 22.5 Å². The van der Waals surface area contributed by atoms with E-state index in [-0.39, 0.29) is 11.9 Å². The van der Waals surface area contributed by atoms with Crippen molar-refractivity contribution in [3.8, 4) is 0 Å². The number of nitrogens with one attached hydrogen (secondary N) is 1. The zero-order valence-electron chi connectivity index (χ0n) is 12.8. The van der Waals surface area contributed by atoms with Gasteiger partial charge in [0.2, 0.25) is 5.91 Å². The number of fused-ring (bicyclic) bond motifs is 1. The second-order valence-electron chi connectivity index (χ2n) is 6.15. The second-order valence-corrected chi connectivity index (χ2v) is 6.15. The zero-order chi connectivity index (χ0) is 15.6. The number of aryl methyl sites for hydroxylation is 1. The largest absolute Gasteiger partial charge is 0.457 e. The topological polar surface area (TPSA) is 68.3 Å². The Balaban J connectivity index is 2.17. The van der Waals surface area contributed by atoms with Crippen molar-refractivity contribution in [2.24, 2.45) is 0 Å². The van der Waals surface area contributed by atoms with E-state index in [1.807, 2.05) is 26.8 Å². The first-order chi connectivity index (χ1) is 9.74. The number of anilines is 1. The van der Waals surface area contributed by atoms with Gasteiger partial charge in [-0.1, -0.05) is 0 Å². The molecule has 0 atom stereocenters. The molecule has 2 rings (SSSR count). The number of hydrogen-bond acceptors (Lipinski definition) is 4.